The molecular formula is C21H28ClN5O4. The molecule has 9 nitrogen and oxygen atoms in total. The highest BCUT2D eigenvalue weighted by molar-refractivity contribution is 5.85. The van der Waals surface area contributed by atoms with Gasteiger partial charge < -0.3 is 29.8 Å². The second-order valence-corrected chi connectivity index (χ2v) is 7.04. The molecule has 168 valence electrons. The second-order valence-electron chi connectivity index (χ2n) is 7.04. The van der Waals surface area contributed by atoms with Crippen molar-refractivity contribution in [3.05, 3.63) is 47.0 Å². The summed E-state index contributed by atoms with van der Waals surface area (Å²) < 4.78 is 21.5. The summed E-state index contributed by atoms with van der Waals surface area (Å²) in [4.78, 5) is 8.71. The first-order valence-electron chi connectivity index (χ1n) is 9.54. The first kappa shape index (κ1) is 24.1. The molecule has 0 spiro atoms. The molecule has 0 aliphatic carbocycles. The lowest BCUT2D eigenvalue weighted by Crippen LogP contribution is -2.07. The van der Waals surface area contributed by atoms with Crippen LogP contribution >= 0.6 is 12.4 Å². The van der Waals surface area contributed by atoms with Crippen molar-refractivity contribution in [1.82, 2.24) is 15.1 Å². The SMILES string of the molecule is COc1cc(Cc2cnc(NCc3cc(C(C)C)no3)nc2N)cc(OC)c1OC.Cl. The average Bonchev–Trinajstić information content (AvgIpc) is 3.22. The van der Waals surface area contributed by atoms with Crippen LogP contribution in [0.4, 0.5) is 11.8 Å². The number of nitrogens with zero attached hydrogens (tertiary/aromatic N) is 3. The molecule has 3 aromatic rings. The normalized spacial score (nSPS) is 10.5. The Morgan fingerprint density at radius 3 is 2.26 bits per heavy atom. The fourth-order valence-corrected chi connectivity index (χ4v) is 2.95. The molecule has 10 heteroatoms. The largest absolute Gasteiger partial charge is 0.493 e. The molecule has 1 aromatic carbocycles. The number of aromatic nitrogens is 3. The van der Waals surface area contributed by atoms with Crippen molar-refractivity contribution in [1.29, 1.82) is 0 Å². The molecule has 0 saturated carbocycles. The maximum Gasteiger partial charge on any atom is 0.224 e. The smallest absolute Gasteiger partial charge is 0.224 e. The number of benzene rings is 1. The maximum atomic E-state index is 6.17. The predicted octanol–water partition coefficient (Wildman–Crippen LogP) is 3.82. The lowest BCUT2D eigenvalue weighted by atomic mass is 10.1. The van der Waals surface area contributed by atoms with E-state index in [0.29, 0.717) is 53.7 Å². The van der Waals surface area contributed by atoms with Gasteiger partial charge in [0.1, 0.15) is 5.82 Å². The Morgan fingerprint density at radius 2 is 1.74 bits per heavy atom. The molecule has 0 atom stereocenters. The van der Waals surface area contributed by atoms with Crippen LogP contribution in [0.2, 0.25) is 0 Å². The van der Waals surface area contributed by atoms with Crippen LogP contribution in [0, 0.1) is 0 Å². The standard InChI is InChI=1S/C21H27N5O4.ClH/c1-12(2)16-9-15(30-26-16)11-24-21-23-10-14(20(22)25-21)6-13-7-17(27-3)19(29-5)18(8-13)28-4;/h7-10,12H,6,11H2,1-5H3,(H3,22,23,24,25);1H. The van der Waals surface area contributed by atoms with Gasteiger partial charge in [-0.2, -0.15) is 4.98 Å². The Hall–Kier alpha value is -3.20. The maximum absolute atomic E-state index is 6.17. The van der Waals surface area contributed by atoms with E-state index in [2.05, 4.69) is 34.3 Å². The fourth-order valence-electron chi connectivity index (χ4n) is 2.95. The molecule has 3 rings (SSSR count). The molecule has 3 N–H and O–H groups in total. The number of anilines is 2. The molecule has 31 heavy (non-hydrogen) atoms. The molecule has 2 aromatic heterocycles. The van der Waals surface area contributed by atoms with Crippen LogP contribution < -0.4 is 25.3 Å². The van der Waals surface area contributed by atoms with Crippen LogP contribution in [-0.2, 0) is 13.0 Å². The Balaban J connectivity index is 0.00000341. The fraction of sp³-hybridized carbons (Fsp3) is 0.381. The van der Waals surface area contributed by atoms with Crippen molar-refractivity contribution in [2.24, 2.45) is 0 Å². The molecule has 0 aliphatic heterocycles. The highest BCUT2D eigenvalue weighted by atomic mass is 35.5. The van der Waals surface area contributed by atoms with Crippen LogP contribution in [0.15, 0.2) is 28.9 Å². The number of nitrogens with two attached hydrogens (primary N) is 1. The van der Waals surface area contributed by atoms with Crippen molar-refractivity contribution in [3.63, 3.8) is 0 Å². The molecule has 0 bridgehead atoms. The van der Waals surface area contributed by atoms with Crippen LogP contribution in [0.25, 0.3) is 0 Å². The minimum absolute atomic E-state index is 0. The number of nitrogen functional groups attached to an aromatic ring is 1. The monoisotopic (exact) mass is 449 g/mol. The Bertz CT molecular complexity index is 984. The van der Waals surface area contributed by atoms with Crippen LogP contribution in [-0.4, -0.2) is 36.5 Å². The zero-order valence-electron chi connectivity index (χ0n) is 18.3. The van der Waals surface area contributed by atoms with E-state index in [4.69, 9.17) is 24.5 Å². The van der Waals surface area contributed by atoms with Gasteiger partial charge >= 0.3 is 0 Å². The lowest BCUT2D eigenvalue weighted by molar-refractivity contribution is 0.324. The molecule has 0 saturated heterocycles. The van der Waals surface area contributed by atoms with Crippen molar-refractivity contribution < 1.29 is 18.7 Å². The number of hydrogen-bond acceptors (Lipinski definition) is 9. The summed E-state index contributed by atoms with van der Waals surface area (Å²) in [5.41, 5.74) is 8.80. The third-order valence-corrected chi connectivity index (χ3v) is 4.61. The van der Waals surface area contributed by atoms with Gasteiger partial charge in [0.15, 0.2) is 17.3 Å². The van der Waals surface area contributed by atoms with Crippen LogP contribution in [0.1, 0.15) is 42.3 Å². The Kier molecular flexibility index (Phi) is 8.32. The first-order valence-corrected chi connectivity index (χ1v) is 9.54. The molecule has 0 amide bonds. The molecule has 0 fully saturated rings. The molecule has 2 heterocycles. The zero-order valence-corrected chi connectivity index (χ0v) is 19.1. The van der Waals surface area contributed by atoms with Gasteiger partial charge in [0.05, 0.1) is 33.6 Å². The number of rotatable bonds is 9. The number of halogens is 1. The van der Waals surface area contributed by atoms with Crippen LogP contribution in [0.5, 0.6) is 17.2 Å². The Labute approximate surface area is 187 Å². The summed E-state index contributed by atoms with van der Waals surface area (Å²) in [5, 5.41) is 7.14. The number of nitrogens with one attached hydrogen (secondary N) is 1. The van der Waals surface area contributed by atoms with E-state index in [-0.39, 0.29) is 12.4 Å². The number of methoxy groups -OCH3 is 3. The number of hydrogen-bond donors (Lipinski definition) is 2. The quantitative estimate of drug-likeness (QED) is 0.502. The number of ether oxygens (including phenoxy) is 3. The molecule has 0 radical (unpaired) electrons. The first-order chi connectivity index (χ1) is 14.4. The van der Waals surface area contributed by atoms with E-state index in [1.54, 1.807) is 27.5 Å². The van der Waals surface area contributed by atoms with Gasteiger partial charge in [-0.25, -0.2) is 4.98 Å². The van der Waals surface area contributed by atoms with E-state index in [1.807, 2.05) is 18.2 Å². The predicted molar refractivity (Wildman–Crippen MR) is 121 cm³/mol. The van der Waals surface area contributed by atoms with Crippen molar-refractivity contribution in [3.8, 4) is 17.2 Å². The molecule has 0 aliphatic rings. The van der Waals surface area contributed by atoms with Gasteiger partial charge in [-0.1, -0.05) is 19.0 Å². The second kappa shape index (κ2) is 10.7. The van der Waals surface area contributed by atoms with E-state index in [0.717, 1.165) is 16.8 Å². The van der Waals surface area contributed by atoms with Crippen molar-refractivity contribution in [2.45, 2.75) is 32.7 Å². The Morgan fingerprint density at radius 1 is 1.06 bits per heavy atom. The molecule has 0 unspecified atom stereocenters. The van der Waals surface area contributed by atoms with Gasteiger partial charge in [0, 0.05) is 24.2 Å². The van der Waals surface area contributed by atoms with Gasteiger partial charge in [0.25, 0.3) is 0 Å². The third kappa shape index (κ3) is 5.69. The van der Waals surface area contributed by atoms with Gasteiger partial charge in [-0.15, -0.1) is 12.4 Å². The minimum atomic E-state index is 0. The summed E-state index contributed by atoms with van der Waals surface area (Å²) in [6.45, 7) is 4.54. The van der Waals surface area contributed by atoms with Crippen molar-refractivity contribution in [2.75, 3.05) is 32.4 Å². The van der Waals surface area contributed by atoms with Gasteiger partial charge in [-0.3, -0.25) is 0 Å². The van der Waals surface area contributed by atoms with E-state index >= 15 is 0 Å². The van der Waals surface area contributed by atoms with E-state index in [1.165, 1.54) is 0 Å². The zero-order chi connectivity index (χ0) is 21.7. The summed E-state index contributed by atoms with van der Waals surface area (Å²) in [6, 6.07) is 5.67. The minimum Gasteiger partial charge on any atom is -0.493 e. The molecular weight excluding hydrogens is 422 g/mol. The van der Waals surface area contributed by atoms with Gasteiger partial charge in [-0.05, 0) is 23.6 Å². The summed E-state index contributed by atoms with van der Waals surface area (Å²) >= 11 is 0. The van der Waals surface area contributed by atoms with Crippen LogP contribution in [0.3, 0.4) is 0 Å². The van der Waals surface area contributed by atoms with E-state index in [9.17, 15) is 0 Å². The summed E-state index contributed by atoms with van der Waals surface area (Å²) in [7, 11) is 4.73. The topological polar surface area (TPSA) is 118 Å². The summed E-state index contributed by atoms with van der Waals surface area (Å²) in [6.07, 6.45) is 2.22. The van der Waals surface area contributed by atoms with Gasteiger partial charge in [0.2, 0.25) is 11.7 Å². The van der Waals surface area contributed by atoms with E-state index < -0.39 is 0 Å². The van der Waals surface area contributed by atoms with Crippen molar-refractivity contribution >= 4 is 24.2 Å². The highest BCUT2D eigenvalue weighted by Gasteiger charge is 2.15. The third-order valence-electron chi connectivity index (χ3n) is 4.61. The highest BCUT2D eigenvalue weighted by Crippen LogP contribution is 2.38. The average molecular weight is 450 g/mol. The summed E-state index contributed by atoms with van der Waals surface area (Å²) in [5.74, 6) is 3.53. The lowest BCUT2D eigenvalue weighted by Gasteiger charge is -2.14.